The van der Waals surface area contributed by atoms with E-state index in [0.29, 0.717) is 19.3 Å². The van der Waals surface area contributed by atoms with Gasteiger partial charge in [-0.25, -0.2) is 0 Å². The lowest BCUT2D eigenvalue weighted by molar-refractivity contribution is -0.167. The summed E-state index contributed by atoms with van der Waals surface area (Å²) in [6, 6.07) is 0. The van der Waals surface area contributed by atoms with Crippen molar-refractivity contribution in [1.82, 2.24) is 0 Å². The molecule has 0 amide bonds. The van der Waals surface area contributed by atoms with E-state index in [1.165, 1.54) is 321 Å². The molecule has 6 heteroatoms. The molecule has 0 spiro atoms. The number of esters is 3. The Morgan fingerprint density at radius 2 is 0.412 bits per heavy atom. The molecule has 1 unspecified atom stereocenters. The van der Waals surface area contributed by atoms with Gasteiger partial charge in [-0.3, -0.25) is 14.4 Å². The van der Waals surface area contributed by atoms with Crippen LogP contribution in [0.25, 0.3) is 0 Å². The Morgan fingerprint density at radius 1 is 0.237 bits per heavy atom. The summed E-state index contributed by atoms with van der Waals surface area (Å²) in [5.41, 5.74) is 0. The van der Waals surface area contributed by atoms with E-state index < -0.39 is 6.10 Å². The first-order valence-electron chi connectivity index (χ1n) is 36.7. The van der Waals surface area contributed by atoms with E-state index in [4.69, 9.17) is 14.2 Å². The van der Waals surface area contributed by atoms with E-state index in [9.17, 15) is 14.4 Å². The molecule has 0 N–H and O–H groups in total. The van der Waals surface area contributed by atoms with Gasteiger partial charge in [0.1, 0.15) is 13.2 Å². The maximum Gasteiger partial charge on any atom is 0.306 e. The van der Waals surface area contributed by atoms with Gasteiger partial charge in [0, 0.05) is 19.3 Å². The molecule has 0 aromatic rings. The van der Waals surface area contributed by atoms with Crippen molar-refractivity contribution in [2.24, 2.45) is 0 Å². The highest BCUT2D eigenvalue weighted by Gasteiger charge is 2.20. The van der Waals surface area contributed by atoms with Crippen molar-refractivity contribution in [2.45, 2.75) is 431 Å². The normalized spacial score (nSPS) is 12.0. The quantitative estimate of drug-likeness (QED) is 0.0261. The molecule has 0 bridgehead atoms. The van der Waals surface area contributed by atoms with Crippen molar-refractivity contribution in [1.29, 1.82) is 0 Å². The van der Waals surface area contributed by atoms with Crippen LogP contribution in [-0.4, -0.2) is 37.2 Å². The summed E-state index contributed by atoms with van der Waals surface area (Å²) < 4.78 is 17.0. The first-order valence-corrected chi connectivity index (χ1v) is 36.7. The molecule has 0 fully saturated rings. The predicted molar refractivity (Wildman–Crippen MR) is 349 cm³/mol. The summed E-state index contributed by atoms with van der Waals surface area (Å²) in [5.74, 6) is -0.839. The second-order valence-electron chi connectivity index (χ2n) is 25.2. The summed E-state index contributed by atoms with van der Waals surface area (Å²) in [6.45, 7) is 6.72. The fraction of sp³-hybridized carbons (Fsp3) is 0.932. The number of hydrogen-bond acceptors (Lipinski definition) is 6. The minimum Gasteiger partial charge on any atom is -0.462 e. The van der Waals surface area contributed by atoms with E-state index in [-0.39, 0.29) is 31.1 Å². The van der Waals surface area contributed by atoms with Crippen LogP contribution in [0.3, 0.4) is 0 Å². The Hall–Kier alpha value is -1.85. The van der Waals surface area contributed by atoms with Gasteiger partial charge in [0.2, 0.25) is 0 Å². The van der Waals surface area contributed by atoms with Gasteiger partial charge in [0.05, 0.1) is 0 Å². The van der Waals surface area contributed by atoms with Crippen molar-refractivity contribution in [2.75, 3.05) is 13.2 Å². The average molecular weight is 1130 g/mol. The van der Waals surface area contributed by atoms with Crippen molar-refractivity contribution < 1.29 is 28.6 Å². The maximum atomic E-state index is 12.9. The van der Waals surface area contributed by atoms with Gasteiger partial charge in [0.15, 0.2) is 6.10 Å². The number of unbranched alkanes of at least 4 members (excludes halogenated alkanes) is 56. The van der Waals surface area contributed by atoms with Crippen molar-refractivity contribution in [3.05, 3.63) is 12.2 Å². The molecule has 0 heterocycles. The van der Waals surface area contributed by atoms with E-state index in [0.717, 1.165) is 64.2 Å². The van der Waals surface area contributed by atoms with Crippen LogP contribution in [0.15, 0.2) is 12.2 Å². The molecule has 0 aliphatic carbocycles. The van der Waals surface area contributed by atoms with E-state index in [1.807, 2.05) is 0 Å². The zero-order valence-corrected chi connectivity index (χ0v) is 54.6. The highest BCUT2D eigenvalue weighted by atomic mass is 16.6. The molecule has 0 aromatic heterocycles. The van der Waals surface area contributed by atoms with Gasteiger partial charge in [-0.15, -0.1) is 0 Å². The third-order valence-electron chi connectivity index (χ3n) is 17.0. The Morgan fingerprint density at radius 3 is 0.625 bits per heavy atom. The Kier molecular flexibility index (Phi) is 68.0. The minimum atomic E-state index is -0.771. The monoisotopic (exact) mass is 1130 g/mol. The van der Waals surface area contributed by atoms with E-state index in [1.54, 1.807) is 0 Å². The highest BCUT2D eigenvalue weighted by Crippen LogP contribution is 2.19. The van der Waals surface area contributed by atoms with E-state index in [2.05, 4.69) is 32.9 Å². The van der Waals surface area contributed by atoms with Crippen LogP contribution in [0.2, 0.25) is 0 Å². The summed E-state index contributed by atoms with van der Waals surface area (Å²) in [7, 11) is 0. The van der Waals surface area contributed by atoms with Gasteiger partial charge in [0.25, 0.3) is 0 Å². The number of hydrogen-bond donors (Lipinski definition) is 0. The van der Waals surface area contributed by atoms with Gasteiger partial charge in [-0.2, -0.15) is 0 Å². The van der Waals surface area contributed by atoms with Crippen molar-refractivity contribution >= 4 is 17.9 Å². The van der Waals surface area contributed by atoms with Gasteiger partial charge in [-0.05, 0) is 44.9 Å². The lowest BCUT2D eigenvalue weighted by atomic mass is 10.0. The molecule has 0 rings (SSSR count). The van der Waals surface area contributed by atoms with Crippen LogP contribution in [0.5, 0.6) is 0 Å². The third-order valence-corrected chi connectivity index (χ3v) is 17.0. The van der Waals surface area contributed by atoms with Crippen molar-refractivity contribution in [3.8, 4) is 0 Å². The predicted octanol–water partition coefficient (Wildman–Crippen LogP) is 25.2. The third kappa shape index (κ3) is 66.9. The summed E-state index contributed by atoms with van der Waals surface area (Å²) in [5, 5.41) is 0. The molecular weight excluding hydrogens is 985 g/mol. The zero-order valence-electron chi connectivity index (χ0n) is 54.6. The summed E-state index contributed by atoms with van der Waals surface area (Å²) in [4.78, 5) is 38.4. The minimum absolute atomic E-state index is 0.0665. The fourth-order valence-corrected chi connectivity index (χ4v) is 11.5. The fourth-order valence-electron chi connectivity index (χ4n) is 11.5. The maximum absolute atomic E-state index is 12.9. The standard InChI is InChI=1S/C74H142O6/c1-4-7-10-13-16-19-22-25-28-31-32-33-34-35-36-37-38-39-40-41-42-43-44-47-49-52-55-58-61-64-67-73(76)79-70-71(80-74(77)68-65-62-59-56-53-50-46-30-27-24-21-18-15-12-9-6-3)69-78-72(75)66-63-60-57-54-51-48-45-29-26-23-20-17-14-11-8-5-2/h30,46,71H,4-29,31-45,47-70H2,1-3H3/b46-30-. The Balaban J connectivity index is 4.15. The number of rotatable bonds is 69. The highest BCUT2D eigenvalue weighted by molar-refractivity contribution is 5.71. The molecule has 0 aromatic carbocycles. The van der Waals surface area contributed by atoms with Crippen LogP contribution in [-0.2, 0) is 28.6 Å². The summed E-state index contributed by atoms with van der Waals surface area (Å²) in [6.07, 6.45) is 84.0. The molecular formula is C74H142O6. The van der Waals surface area contributed by atoms with Crippen LogP contribution >= 0.6 is 0 Å². The molecule has 1 atom stereocenters. The van der Waals surface area contributed by atoms with Gasteiger partial charge in [-0.1, -0.05) is 373 Å². The number of carbonyl (C=O) groups excluding carboxylic acids is 3. The first kappa shape index (κ1) is 78.1. The number of carbonyl (C=O) groups is 3. The molecule has 0 aliphatic heterocycles. The Bertz CT molecular complexity index is 1250. The smallest absolute Gasteiger partial charge is 0.306 e. The lowest BCUT2D eigenvalue weighted by Gasteiger charge is -2.18. The molecule has 80 heavy (non-hydrogen) atoms. The van der Waals surface area contributed by atoms with Gasteiger partial charge >= 0.3 is 17.9 Å². The molecule has 474 valence electrons. The molecule has 0 saturated heterocycles. The number of ether oxygens (including phenoxy) is 3. The van der Waals surface area contributed by atoms with Crippen LogP contribution < -0.4 is 0 Å². The SMILES string of the molecule is CCCCCCCCC/C=C\CCCCCCCC(=O)OC(COC(=O)CCCCCCCCCCCCCCCCCC)COC(=O)CCCCCCCCCCCCCCCCCCCCCCCCCCCCCCCC. The van der Waals surface area contributed by atoms with E-state index >= 15 is 0 Å². The molecule has 6 nitrogen and oxygen atoms in total. The molecule has 0 saturated carbocycles. The topological polar surface area (TPSA) is 78.9 Å². The second kappa shape index (κ2) is 69.6. The lowest BCUT2D eigenvalue weighted by Crippen LogP contribution is -2.30. The zero-order chi connectivity index (χ0) is 57.8. The Labute approximate surface area is 501 Å². The number of allylic oxidation sites excluding steroid dienone is 2. The van der Waals surface area contributed by atoms with Crippen LogP contribution in [0.4, 0.5) is 0 Å². The van der Waals surface area contributed by atoms with Crippen molar-refractivity contribution in [3.63, 3.8) is 0 Å². The summed E-state index contributed by atoms with van der Waals surface area (Å²) >= 11 is 0. The van der Waals surface area contributed by atoms with Crippen LogP contribution in [0, 0.1) is 0 Å². The molecule has 0 aliphatic rings. The average Bonchev–Trinajstić information content (AvgIpc) is 3.46. The largest absolute Gasteiger partial charge is 0.462 e. The first-order chi connectivity index (χ1) is 39.5. The second-order valence-corrected chi connectivity index (χ2v) is 25.2. The van der Waals surface area contributed by atoms with Gasteiger partial charge < -0.3 is 14.2 Å². The van der Waals surface area contributed by atoms with Crippen LogP contribution in [0.1, 0.15) is 425 Å². The molecule has 0 radical (unpaired) electrons.